The summed E-state index contributed by atoms with van der Waals surface area (Å²) in [6, 6.07) is 5.08. The smallest absolute Gasteiger partial charge is 0.321 e. The molecular formula is C15H22N2O3. The minimum absolute atomic E-state index is 0.308. The van der Waals surface area contributed by atoms with Gasteiger partial charge in [-0.25, -0.2) is 4.79 Å². The van der Waals surface area contributed by atoms with E-state index >= 15 is 0 Å². The molecular weight excluding hydrogens is 256 g/mol. The molecule has 20 heavy (non-hydrogen) atoms. The maximum absolute atomic E-state index is 12.1. The number of urea groups is 1. The molecule has 0 heterocycles. The van der Waals surface area contributed by atoms with E-state index in [9.17, 15) is 9.59 Å². The molecule has 0 aliphatic rings. The Bertz CT molecular complexity index is 514. The van der Waals surface area contributed by atoms with Crippen LogP contribution in [0.15, 0.2) is 18.2 Å². The van der Waals surface area contributed by atoms with Crippen LogP contribution in [0.25, 0.3) is 0 Å². The molecule has 5 nitrogen and oxygen atoms in total. The lowest BCUT2D eigenvalue weighted by molar-refractivity contribution is -0.141. The summed E-state index contributed by atoms with van der Waals surface area (Å²) in [6.45, 7) is 7.19. The second-order valence-corrected chi connectivity index (χ2v) is 5.21. The van der Waals surface area contributed by atoms with Gasteiger partial charge in [-0.3, -0.25) is 9.69 Å². The fourth-order valence-corrected chi connectivity index (χ4v) is 1.92. The third-order valence-electron chi connectivity index (χ3n) is 3.51. The van der Waals surface area contributed by atoms with Crippen molar-refractivity contribution in [2.45, 2.75) is 33.7 Å². The maximum atomic E-state index is 12.1. The Hall–Kier alpha value is -2.04. The van der Waals surface area contributed by atoms with Crippen molar-refractivity contribution < 1.29 is 14.7 Å². The number of aliphatic carboxylic acids is 1. The van der Waals surface area contributed by atoms with Crippen LogP contribution < -0.4 is 10.2 Å². The summed E-state index contributed by atoms with van der Waals surface area (Å²) in [7, 11) is 1.67. The zero-order valence-electron chi connectivity index (χ0n) is 12.6. The fraction of sp³-hybridized carbons (Fsp3) is 0.467. The van der Waals surface area contributed by atoms with E-state index in [0.29, 0.717) is 0 Å². The van der Waals surface area contributed by atoms with Crippen LogP contribution in [0.1, 0.15) is 25.0 Å². The van der Waals surface area contributed by atoms with Gasteiger partial charge in [-0.15, -0.1) is 0 Å². The van der Waals surface area contributed by atoms with Gasteiger partial charge in [-0.1, -0.05) is 17.7 Å². The number of hydrogen-bond acceptors (Lipinski definition) is 2. The highest BCUT2D eigenvalue weighted by molar-refractivity contribution is 5.92. The SMILES string of the molecule is Cc1ccc(N(C)C(=O)NC(C)C(C)C(=O)O)c(C)c1. The lowest BCUT2D eigenvalue weighted by atomic mass is 10.0. The second-order valence-electron chi connectivity index (χ2n) is 5.21. The van der Waals surface area contributed by atoms with E-state index < -0.39 is 17.9 Å². The van der Waals surface area contributed by atoms with Crippen molar-refractivity contribution in [3.05, 3.63) is 29.3 Å². The molecule has 0 radical (unpaired) electrons. The molecule has 2 atom stereocenters. The number of anilines is 1. The summed E-state index contributed by atoms with van der Waals surface area (Å²) >= 11 is 0. The molecule has 0 saturated heterocycles. The average molecular weight is 278 g/mol. The molecule has 2 unspecified atom stereocenters. The predicted molar refractivity (Wildman–Crippen MR) is 79.1 cm³/mol. The van der Waals surface area contributed by atoms with E-state index in [1.54, 1.807) is 20.9 Å². The Morgan fingerprint density at radius 2 is 1.85 bits per heavy atom. The van der Waals surface area contributed by atoms with Crippen molar-refractivity contribution >= 4 is 17.7 Å². The van der Waals surface area contributed by atoms with Crippen molar-refractivity contribution in [2.24, 2.45) is 5.92 Å². The second kappa shape index (κ2) is 6.41. The van der Waals surface area contributed by atoms with Gasteiger partial charge in [0.25, 0.3) is 0 Å². The molecule has 1 aromatic rings. The first-order chi connectivity index (χ1) is 9.23. The third-order valence-corrected chi connectivity index (χ3v) is 3.51. The molecule has 2 N–H and O–H groups in total. The number of carbonyl (C=O) groups is 2. The molecule has 1 aromatic carbocycles. The van der Waals surface area contributed by atoms with Gasteiger partial charge >= 0.3 is 12.0 Å². The molecule has 2 amide bonds. The summed E-state index contributed by atoms with van der Waals surface area (Å²) < 4.78 is 0. The van der Waals surface area contributed by atoms with E-state index in [0.717, 1.165) is 16.8 Å². The van der Waals surface area contributed by atoms with Gasteiger partial charge < -0.3 is 10.4 Å². The number of carboxylic acid groups (broad SMARTS) is 1. The molecule has 0 aliphatic carbocycles. The fourth-order valence-electron chi connectivity index (χ4n) is 1.92. The van der Waals surface area contributed by atoms with Crippen molar-refractivity contribution in [1.82, 2.24) is 5.32 Å². The highest BCUT2D eigenvalue weighted by atomic mass is 16.4. The third kappa shape index (κ3) is 3.73. The summed E-state index contributed by atoms with van der Waals surface area (Å²) in [4.78, 5) is 24.5. The van der Waals surface area contributed by atoms with E-state index in [4.69, 9.17) is 5.11 Å². The van der Waals surface area contributed by atoms with Crippen molar-refractivity contribution in [3.8, 4) is 0 Å². The molecule has 0 aliphatic heterocycles. The molecule has 0 bridgehead atoms. The minimum Gasteiger partial charge on any atom is -0.481 e. The van der Waals surface area contributed by atoms with Gasteiger partial charge in [-0.2, -0.15) is 0 Å². The zero-order valence-corrected chi connectivity index (χ0v) is 12.6. The van der Waals surface area contributed by atoms with Gasteiger partial charge in [0, 0.05) is 18.8 Å². The standard InChI is InChI=1S/C15H22N2O3/c1-9-6-7-13(10(2)8-9)17(5)15(20)16-12(4)11(3)14(18)19/h6-8,11-12H,1-5H3,(H,16,20)(H,18,19). The normalized spacial score (nSPS) is 13.4. The van der Waals surface area contributed by atoms with Gasteiger partial charge in [0.2, 0.25) is 0 Å². The number of amides is 2. The number of nitrogens with zero attached hydrogens (tertiary/aromatic N) is 1. The largest absolute Gasteiger partial charge is 0.481 e. The molecule has 110 valence electrons. The molecule has 0 fully saturated rings. The first-order valence-electron chi connectivity index (χ1n) is 6.58. The predicted octanol–water partition coefficient (Wildman–Crippen LogP) is 2.56. The minimum atomic E-state index is -0.924. The number of hydrogen-bond donors (Lipinski definition) is 2. The number of carboxylic acids is 1. The van der Waals surface area contributed by atoms with Crippen LogP contribution >= 0.6 is 0 Å². The number of carbonyl (C=O) groups excluding carboxylic acids is 1. The Morgan fingerprint density at radius 1 is 1.25 bits per heavy atom. The lowest BCUT2D eigenvalue weighted by Crippen LogP contribution is -2.46. The topological polar surface area (TPSA) is 69.6 Å². The van der Waals surface area contributed by atoms with Crippen molar-refractivity contribution in [2.75, 3.05) is 11.9 Å². The Morgan fingerprint density at radius 3 is 2.35 bits per heavy atom. The van der Waals surface area contributed by atoms with E-state index in [1.807, 2.05) is 32.0 Å². The van der Waals surface area contributed by atoms with Crippen LogP contribution in [-0.2, 0) is 4.79 Å². The van der Waals surface area contributed by atoms with Gasteiger partial charge in [0.15, 0.2) is 0 Å². The number of benzene rings is 1. The highest BCUT2D eigenvalue weighted by Crippen LogP contribution is 2.20. The van der Waals surface area contributed by atoms with Gasteiger partial charge in [0.05, 0.1) is 5.92 Å². The summed E-state index contributed by atoms with van der Waals surface area (Å²) in [5, 5.41) is 11.6. The molecule has 1 rings (SSSR count). The monoisotopic (exact) mass is 278 g/mol. The molecule has 5 heteroatoms. The van der Waals surface area contributed by atoms with E-state index in [-0.39, 0.29) is 6.03 Å². The van der Waals surface area contributed by atoms with Gasteiger partial charge in [0.1, 0.15) is 0 Å². The summed E-state index contributed by atoms with van der Waals surface area (Å²) in [6.07, 6.45) is 0. The number of rotatable bonds is 4. The Balaban J connectivity index is 2.79. The maximum Gasteiger partial charge on any atom is 0.321 e. The first kappa shape index (κ1) is 16.0. The Labute approximate surface area is 119 Å². The van der Waals surface area contributed by atoms with Crippen LogP contribution in [-0.4, -0.2) is 30.2 Å². The molecule has 0 saturated carbocycles. The first-order valence-corrected chi connectivity index (χ1v) is 6.58. The summed E-state index contributed by atoms with van der Waals surface area (Å²) in [5.41, 5.74) is 2.94. The van der Waals surface area contributed by atoms with E-state index in [1.165, 1.54) is 4.90 Å². The molecule has 0 aromatic heterocycles. The van der Waals surface area contributed by atoms with Gasteiger partial charge in [-0.05, 0) is 39.3 Å². The van der Waals surface area contributed by atoms with Crippen LogP contribution in [0, 0.1) is 19.8 Å². The molecule has 0 spiro atoms. The van der Waals surface area contributed by atoms with Crippen molar-refractivity contribution in [3.63, 3.8) is 0 Å². The average Bonchev–Trinajstić information content (AvgIpc) is 2.36. The highest BCUT2D eigenvalue weighted by Gasteiger charge is 2.23. The van der Waals surface area contributed by atoms with Crippen molar-refractivity contribution in [1.29, 1.82) is 0 Å². The van der Waals surface area contributed by atoms with Crippen LogP contribution in [0.2, 0.25) is 0 Å². The zero-order chi connectivity index (χ0) is 15.4. The lowest BCUT2D eigenvalue weighted by Gasteiger charge is -2.24. The van der Waals surface area contributed by atoms with Crippen LogP contribution in [0.4, 0.5) is 10.5 Å². The number of aryl methyl sites for hydroxylation is 2. The van der Waals surface area contributed by atoms with Crippen LogP contribution in [0.5, 0.6) is 0 Å². The van der Waals surface area contributed by atoms with Crippen LogP contribution in [0.3, 0.4) is 0 Å². The Kier molecular flexibility index (Phi) is 5.13. The number of nitrogens with one attached hydrogen (secondary N) is 1. The van der Waals surface area contributed by atoms with E-state index in [2.05, 4.69) is 5.32 Å². The quantitative estimate of drug-likeness (QED) is 0.889. The summed E-state index contributed by atoms with van der Waals surface area (Å²) in [5.74, 6) is -1.56.